The van der Waals surface area contributed by atoms with Crippen LogP contribution in [-0.2, 0) is 28.4 Å². The van der Waals surface area contributed by atoms with Crippen LogP contribution in [0.1, 0.15) is 56.0 Å². The van der Waals surface area contributed by atoms with Crippen LogP contribution in [0.4, 0.5) is 5.69 Å². The van der Waals surface area contributed by atoms with E-state index in [1.54, 1.807) is 35.6 Å². The topological polar surface area (TPSA) is 126 Å². The van der Waals surface area contributed by atoms with Crippen molar-refractivity contribution in [2.75, 3.05) is 38.1 Å². The lowest BCUT2D eigenvalue weighted by molar-refractivity contribution is -0.0177. The zero-order valence-electron chi connectivity index (χ0n) is 26.9. The molecule has 45 heavy (non-hydrogen) atoms. The Balaban J connectivity index is 1.64. The largest absolute Gasteiger partial charge is 0.490 e. The Morgan fingerprint density at radius 3 is 2.60 bits per heavy atom. The first-order chi connectivity index (χ1) is 21.5. The lowest BCUT2D eigenvalue weighted by atomic mass is 10.0. The van der Waals surface area contributed by atoms with E-state index in [4.69, 9.17) is 9.47 Å². The third-order valence-electron chi connectivity index (χ3n) is 8.05. The fourth-order valence-corrected chi connectivity index (χ4v) is 6.48. The molecular formula is C33H47N5O6S. The summed E-state index contributed by atoms with van der Waals surface area (Å²) < 4.78 is 42.9. The molecule has 0 saturated heterocycles. The molecule has 0 saturated carbocycles. The van der Waals surface area contributed by atoms with Gasteiger partial charge < -0.3 is 24.0 Å². The molecule has 1 aromatic heterocycles. The number of carbonyl (C=O) groups excluding carboxylic acids is 1. The average molecular weight is 642 g/mol. The maximum Gasteiger partial charge on any atom is 0.280 e. The summed E-state index contributed by atoms with van der Waals surface area (Å²) in [6.07, 6.45) is 4.98. The molecule has 1 aliphatic heterocycles. The van der Waals surface area contributed by atoms with Gasteiger partial charge in [-0.3, -0.25) is 14.4 Å². The number of aliphatic hydroxyl groups is 1. The van der Waals surface area contributed by atoms with Gasteiger partial charge in [-0.2, -0.15) is 8.42 Å². The lowest BCUT2D eigenvalue weighted by Crippen LogP contribution is -2.47. The highest BCUT2D eigenvalue weighted by atomic mass is 32.2. The zero-order valence-corrected chi connectivity index (χ0v) is 27.7. The lowest BCUT2D eigenvalue weighted by Gasteiger charge is -2.36. The van der Waals surface area contributed by atoms with Crippen molar-refractivity contribution in [3.05, 3.63) is 72.2 Å². The molecule has 2 N–H and O–H groups in total. The molecule has 0 radical (unpaired) electrons. The van der Waals surface area contributed by atoms with Crippen molar-refractivity contribution >= 4 is 21.6 Å². The number of amides is 1. The summed E-state index contributed by atoms with van der Waals surface area (Å²) in [5.41, 5.74) is 1.63. The number of likely N-dealkylation sites (N-methyl/N-ethyl adjacent to an activating group) is 1. The van der Waals surface area contributed by atoms with Crippen LogP contribution in [0.25, 0.3) is 0 Å². The molecule has 11 nitrogen and oxygen atoms in total. The number of aliphatic hydroxyl groups excluding tert-OH is 1. The first-order valence-corrected chi connectivity index (χ1v) is 17.0. The number of carbonyl (C=O) groups is 1. The Morgan fingerprint density at radius 1 is 1.16 bits per heavy atom. The molecule has 0 bridgehead atoms. The van der Waals surface area contributed by atoms with E-state index in [-0.39, 0.29) is 46.9 Å². The fourth-order valence-electron chi connectivity index (χ4n) is 5.45. The second-order valence-corrected chi connectivity index (χ2v) is 13.8. The number of nitrogens with one attached hydrogen (secondary N) is 1. The summed E-state index contributed by atoms with van der Waals surface area (Å²) in [6.45, 7) is 7.93. The van der Waals surface area contributed by atoms with Gasteiger partial charge in [-0.05, 0) is 63.9 Å². The highest BCUT2D eigenvalue weighted by Gasteiger charge is 2.31. The molecule has 0 unspecified atom stereocenters. The van der Waals surface area contributed by atoms with Crippen molar-refractivity contribution in [2.24, 2.45) is 13.0 Å². The standard InChI is InChI=1S/C33H47N5O6S/c1-24-18-38(25(2)22-39)33(40)29-17-28(35-45(41,42)32-21-37(5)23-34-32)14-15-30(29)44-26(3)11-9-10-16-43-31(24)20-36(4)19-27-12-7-6-8-13-27/h6-8,12-15,17,21,23-26,31,35,39H,9-11,16,18-20,22H2,1-5H3/t24-,25+,26-,31-/m1/s1. The molecule has 0 aliphatic carbocycles. The molecular weight excluding hydrogens is 594 g/mol. The van der Waals surface area contributed by atoms with Crippen molar-refractivity contribution in [1.29, 1.82) is 0 Å². The molecule has 3 aromatic rings. The van der Waals surface area contributed by atoms with Gasteiger partial charge in [-0.25, -0.2) is 4.98 Å². The van der Waals surface area contributed by atoms with E-state index in [1.165, 1.54) is 24.2 Å². The number of sulfonamides is 1. The van der Waals surface area contributed by atoms with Gasteiger partial charge in [-0.1, -0.05) is 37.3 Å². The molecule has 2 heterocycles. The van der Waals surface area contributed by atoms with Gasteiger partial charge in [-0.15, -0.1) is 0 Å². The molecule has 0 fully saturated rings. The summed E-state index contributed by atoms with van der Waals surface area (Å²) in [4.78, 5) is 22.1. The smallest absolute Gasteiger partial charge is 0.280 e. The van der Waals surface area contributed by atoms with Crippen molar-refractivity contribution in [3.8, 4) is 5.75 Å². The Morgan fingerprint density at radius 2 is 1.91 bits per heavy atom. The van der Waals surface area contributed by atoms with Crippen LogP contribution < -0.4 is 9.46 Å². The number of anilines is 1. The summed E-state index contributed by atoms with van der Waals surface area (Å²) in [5.74, 6) is -0.0697. The average Bonchev–Trinajstić information content (AvgIpc) is 3.46. The molecule has 0 spiro atoms. The summed E-state index contributed by atoms with van der Waals surface area (Å²) in [6, 6.07) is 14.5. The van der Waals surface area contributed by atoms with Crippen LogP contribution in [0, 0.1) is 5.92 Å². The zero-order chi connectivity index (χ0) is 32.6. The summed E-state index contributed by atoms with van der Waals surface area (Å²) in [5, 5.41) is 10.1. The van der Waals surface area contributed by atoms with Crippen LogP contribution >= 0.6 is 0 Å². The minimum absolute atomic E-state index is 0.0711. The number of rotatable bonds is 9. The molecule has 4 atom stereocenters. The Hall–Kier alpha value is -3.45. The number of nitrogens with zero attached hydrogens (tertiary/aromatic N) is 4. The van der Waals surface area contributed by atoms with E-state index in [1.807, 2.05) is 25.1 Å². The van der Waals surface area contributed by atoms with Crippen LogP contribution in [0.15, 0.2) is 66.1 Å². The molecule has 1 aliphatic rings. The second-order valence-electron chi connectivity index (χ2n) is 12.2. The molecule has 12 heteroatoms. The minimum atomic E-state index is -3.99. The highest BCUT2D eigenvalue weighted by molar-refractivity contribution is 7.92. The minimum Gasteiger partial charge on any atom is -0.490 e. The predicted molar refractivity (Wildman–Crippen MR) is 174 cm³/mol. The monoisotopic (exact) mass is 641 g/mol. The van der Waals surface area contributed by atoms with Crippen LogP contribution in [0.5, 0.6) is 5.75 Å². The maximum atomic E-state index is 14.3. The van der Waals surface area contributed by atoms with Crippen LogP contribution in [0.3, 0.4) is 0 Å². The molecule has 4 rings (SSSR count). The molecule has 246 valence electrons. The molecule has 2 aromatic carbocycles. The second kappa shape index (κ2) is 15.7. The van der Waals surface area contributed by atoms with Crippen LogP contribution in [0.2, 0.25) is 0 Å². The fraction of sp³-hybridized carbons (Fsp3) is 0.515. The number of imidazole rings is 1. The van der Waals surface area contributed by atoms with E-state index in [0.717, 1.165) is 25.8 Å². The van der Waals surface area contributed by atoms with E-state index in [0.29, 0.717) is 25.4 Å². The number of aromatic nitrogens is 2. The third-order valence-corrected chi connectivity index (χ3v) is 9.31. The third kappa shape index (κ3) is 9.52. The van der Waals surface area contributed by atoms with Crippen molar-refractivity contribution in [3.63, 3.8) is 0 Å². The number of ether oxygens (including phenoxy) is 2. The van der Waals surface area contributed by atoms with E-state index in [9.17, 15) is 18.3 Å². The number of fused-ring (bicyclic) bond motifs is 1. The van der Waals surface area contributed by atoms with Gasteiger partial charge in [0.15, 0.2) is 5.03 Å². The molecule has 1 amide bonds. The van der Waals surface area contributed by atoms with E-state index >= 15 is 0 Å². The normalized spacial score (nSPS) is 21.1. The predicted octanol–water partition coefficient (Wildman–Crippen LogP) is 4.15. The van der Waals surface area contributed by atoms with Gasteiger partial charge >= 0.3 is 0 Å². The Kier molecular flexibility index (Phi) is 12.0. The Labute approximate surface area is 267 Å². The maximum absolute atomic E-state index is 14.3. The highest BCUT2D eigenvalue weighted by Crippen LogP contribution is 2.29. The SMILES string of the molecule is C[C@@H]1CCCCO[C@H](CN(C)Cc2ccccc2)[C@H](C)CN([C@@H](C)CO)C(=O)c2cc(NS(=O)(=O)c3cn(C)cn3)ccc2O1. The number of hydrogen-bond donors (Lipinski definition) is 2. The quantitative estimate of drug-likeness (QED) is 0.357. The Bertz CT molecular complexity index is 1500. The van der Waals surface area contributed by atoms with Gasteiger partial charge in [0.2, 0.25) is 0 Å². The van der Waals surface area contributed by atoms with E-state index < -0.39 is 16.1 Å². The van der Waals surface area contributed by atoms with E-state index in [2.05, 4.69) is 40.7 Å². The van der Waals surface area contributed by atoms with Crippen molar-refractivity contribution in [1.82, 2.24) is 19.4 Å². The van der Waals surface area contributed by atoms with Crippen LogP contribution in [-0.4, -0.2) is 90.4 Å². The van der Waals surface area contributed by atoms with Gasteiger partial charge in [0.1, 0.15) is 5.75 Å². The van der Waals surface area contributed by atoms with Gasteiger partial charge in [0, 0.05) is 51.1 Å². The number of benzene rings is 2. The van der Waals surface area contributed by atoms with Gasteiger partial charge in [0.05, 0.1) is 36.7 Å². The first kappa shape index (κ1) is 34.4. The van der Waals surface area contributed by atoms with Crippen molar-refractivity contribution < 1.29 is 27.8 Å². The summed E-state index contributed by atoms with van der Waals surface area (Å²) >= 11 is 0. The van der Waals surface area contributed by atoms with Gasteiger partial charge in [0.25, 0.3) is 15.9 Å². The number of aryl methyl sites for hydroxylation is 1. The summed E-state index contributed by atoms with van der Waals surface area (Å²) in [7, 11) is -0.239. The first-order valence-electron chi connectivity index (χ1n) is 15.5. The number of hydrogen-bond acceptors (Lipinski definition) is 8. The van der Waals surface area contributed by atoms with Crippen molar-refractivity contribution in [2.45, 2.75) is 69.9 Å².